The fourth-order valence-corrected chi connectivity index (χ4v) is 3.07. The molecule has 0 saturated carbocycles. The summed E-state index contributed by atoms with van der Waals surface area (Å²) in [5.74, 6) is -0.363. The van der Waals surface area contributed by atoms with Gasteiger partial charge in [-0.25, -0.2) is 0 Å². The van der Waals surface area contributed by atoms with Gasteiger partial charge in [0.1, 0.15) is 0 Å². The lowest BCUT2D eigenvalue weighted by Crippen LogP contribution is -2.49. The summed E-state index contributed by atoms with van der Waals surface area (Å²) in [5.41, 5.74) is 6.53. The monoisotopic (exact) mass is 279 g/mol. The Morgan fingerprint density at radius 2 is 2.05 bits per heavy atom. The van der Waals surface area contributed by atoms with Crippen LogP contribution in [-0.4, -0.2) is 42.4 Å². The Morgan fingerprint density at radius 3 is 2.65 bits per heavy atom. The Labute approximate surface area is 120 Å². The van der Waals surface area contributed by atoms with E-state index in [1.54, 1.807) is 4.90 Å². The minimum atomic E-state index is -0.422. The van der Waals surface area contributed by atoms with E-state index in [0.29, 0.717) is 6.42 Å². The van der Waals surface area contributed by atoms with E-state index in [2.05, 4.69) is 11.4 Å². The molecule has 1 aliphatic carbocycles. The number of amides is 2. The molecule has 2 amide bonds. The van der Waals surface area contributed by atoms with Gasteiger partial charge in [-0.1, -0.05) is 11.6 Å². The van der Waals surface area contributed by atoms with Crippen LogP contribution >= 0.6 is 0 Å². The van der Waals surface area contributed by atoms with Gasteiger partial charge in [-0.2, -0.15) is 0 Å². The van der Waals surface area contributed by atoms with Crippen molar-refractivity contribution in [3.05, 3.63) is 11.6 Å². The first-order valence-corrected chi connectivity index (χ1v) is 7.63. The van der Waals surface area contributed by atoms with Gasteiger partial charge in [0, 0.05) is 12.5 Å². The molecule has 5 heteroatoms. The number of carbonyl (C=O) groups is 2. The van der Waals surface area contributed by atoms with Crippen LogP contribution in [0.15, 0.2) is 11.6 Å². The molecule has 20 heavy (non-hydrogen) atoms. The predicted octanol–water partition coefficient (Wildman–Crippen LogP) is 0.943. The Bertz CT molecular complexity index is 387. The van der Waals surface area contributed by atoms with Gasteiger partial charge in [0.25, 0.3) is 0 Å². The number of primary amides is 1. The van der Waals surface area contributed by atoms with Gasteiger partial charge in [0.05, 0.1) is 6.54 Å². The molecule has 0 aromatic carbocycles. The zero-order valence-corrected chi connectivity index (χ0v) is 12.1. The average Bonchev–Trinajstić information content (AvgIpc) is 2.46. The van der Waals surface area contributed by atoms with Crippen molar-refractivity contribution in [1.29, 1.82) is 0 Å². The second-order valence-electron chi connectivity index (χ2n) is 5.75. The van der Waals surface area contributed by atoms with E-state index in [9.17, 15) is 9.59 Å². The van der Waals surface area contributed by atoms with Crippen molar-refractivity contribution in [1.82, 2.24) is 10.2 Å². The molecule has 3 N–H and O–H groups in total. The lowest BCUT2D eigenvalue weighted by atomic mass is 9.96. The zero-order chi connectivity index (χ0) is 14.4. The number of allylic oxidation sites excluding steroid dienone is 1. The fourth-order valence-electron chi connectivity index (χ4n) is 3.07. The van der Waals surface area contributed by atoms with Crippen LogP contribution in [-0.2, 0) is 9.59 Å². The highest BCUT2D eigenvalue weighted by atomic mass is 16.2. The third-order valence-electron chi connectivity index (χ3n) is 4.16. The molecule has 2 rings (SSSR count). The molecule has 0 radical (unpaired) electrons. The van der Waals surface area contributed by atoms with E-state index in [0.717, 1.165) is 38.8 Å². The van der Waals surface area contributed by atoms with Crippen LogP contribution in [0.25, 0.3) is 0 Å². The molecule has 0 spiro atoms. The lowest BCUT2D eigenvalue weighted by molar-refractivity contribution is -0.137. The highest BCUT2D eigenvalue weighted by Crippen LogP contribution is 2.22. The van der Waals surface area contributed by atoms with Crippen LogP contribution in [0.5, 0.6) is 0 Å². The number of hydrogen-bond acceptors (Lipinski definition) is 3. The molecule has 5 nitrogen and oxygen atoms in total. The molecule has 1 aliphatic heterocycles. The minimum Gasteiger partial charge on any atom is -0.368 e. The third-order valence-corrected chi connectivity index (χ3v) is 4.16. The normalized spacial score (nSPS) is 20.3. The molecule has 112 valence electrons. The second kappa shape index (κ2) is 7.43. The second-order valence-corrected chi connectivity index (χ2v) is 5.75. The molecule has 1 fully saturated rings. The standard InChI is InChI=1S/C15H25N3O2/c16-14(19)11-18(13-6-8-17-9-7-13)15(20)10-12-4-2-1-3-5-12/h4,13,17H,1-3,5-11H2,(H2,16,19). The topological polar surface area (TPSA) is 75.4 Å². The summed E-state index contributed by atoms with van der Waals surface area (Å²) in [6.45, 7) is 1.85. The molecule has 0 aromatic heterocycles. The summed E-state index contributed by atoms with van der Waals surface area (Å²) < 4.78 is 0. The van der Waals surface area contributed by atoms with Crippen molar-refractivity contribution in [2.24, 2.45) is 5.73 Å². The van der Waals surface area contributed by atoms with Gasteiger partial charge in [-0.05, 0) is 51.6 Å². The maximum absolute atomic E-state index is 12.5. The largest absolute Gasteiger partial charge is 0.368 e. The molecule has 1 heterocycles. The minimum absolute atomic E-state index is 0.0524. The van der Waals surface area contributed by atoms with E-state index >= 15 is 0 Å². The van der Waals surface area contributed by atoms with E-state index in [4.69, 9.17) is 5.73 Å². The van der Waals surface area contributed by atoms with E-state index in [1.165, 1.54) is 18.4 Å². The third kappa shape index (κ3) is 4.34. The first kappa shape index (κ1) is 15.0. The molecule has 0 unspecified atom stereocenters. The summed E-state index contributed by atoms with van der Waals surface area (Å²) in [5, 5.41) is 3.28. The van der Waals surface area contributed by atoms with Gasteiger partial charge in [-0.3, -0.25) is 9.59 Å². The van der Waals surface area contributed by atoms with Crippen LogP contribution in [0, 0.1) is 0 Å². The van der Waals surface area contributed by atoms with E-state index in [-0.39, 0.29) is 18.5 Å². The number of carbonyl (C=O) groups excluding carboxylic acids is 2. The maximum atomic E-state index is 12.5. The number of nitrogens with one attached hydrogen (secondary N) is 1. The van der Waals surface area contributed by atoms with Crippen molar-refractivity contribution in [3.63, 3.8) is 0 Å². The van der Waals surface area contributed by atoms with Gasteiger partial charge in [-0.15, -0.1) is 0 Å². The Balaban J connectivity index is 1.98. The molecular weight excluding hydrogens is 254 g/mol. The summed E-state index contributed by atoms with van der Waals surface area (Å²) in [4.78, 5) is 25.5. The average molecular weight is 279 g/mol. The number of nitrogens with zero attached hydrogens (tertiary/aromatic N) is 1. The maximum Gasteiger partial charge on any atom is 0.237 e. The van der Waals surface area contributed by atoms with Crippen LogP contribution in [0.2, 0.25) is 0 Å². The van der Waals surface area contributed by atoms with Crippen LogP contribution < -0.4 is 11.1 Å². The lowest BCUT2D eigenvalue weighted by Gasteiger charge is -2.34. The Hall–Kier alpha value is -1.36. The quantitative estimate of drug-likeness (QED) is 0.736. The molecular formula is C15H25N3O2. The van der Waals surface area contributed by atoms with E-state index < -0.39 is 5.91 Å². The molecule has 0 atom stereocenters. The van der Waals surface area contributed by atoms with Gasteiger partial charge in [0.2, 0.25) is 11.8 Å². The van der Waals surface area contributed by atoms with Crippen LogP contribution in [0.1, 0.15) is 44.9 Å². The molecule has 1 saturated heterocycles. The Morgan fingerprint density at radius 1 is 1.30 bits per heavy atom. The van der Waals surface area contributed by atoms with Crippen molar-refractivity contribution < 1.29 is 9.59 Å². The number of piperidine rings is 1. The molecule has 0 aromatic rings. The van der Waals surface area contributed by atoms with Gasteiger partial charge in [0.15, 0.2) is 0 Å². The highest BCUT2D eigenvalue weighted by Gasteiger charge is 2.27. The summed E-state index contributed by atoms with van der Waals surface area (Å²) >= 11 is 0. The predicted molar refractivity (Wildman–Crippen MR) is 78.0 cm³/mol. The highest BCUT2D eigenvalue weighted by molar-refractivity contribution is 5.85. The number of hydrogen-bond donors (Lipinski definition) is 2. The van der Waals surface area contributed by atoms with Crippen molar-refractivity contribution in [2.45, 2.75) is 51.0 Å². The summed E-state index contributed by atoms with van der Waals surface area (Å²) in [6.07, 6.45) is 8.92. The smallest absolute Gasteiger partial charge is 0.237 e. The van der Waals surface area contributed by atoms with Gasteiger partial charge < -0.3 is 16.0 Å². The first-order chi connectivity index (χ1) is 9.66. The summed E-state index contributed by atoms with van der Waals surface area (Å²) in [7, 11) is 0. The van der Waals surface area contributed by atoms with Crippen molar-refractivity contribution in [3.8, 4) is 0 Å². The van der Waals surface area contributed by atoms with Gasteiger partial charge >= 0.3 is 0 Å². The van der Waals surface area contributed by atoms with Crippen LogP contribution in [0.4, 0.5) is 0 Å². The van der Waals surface area contributed by atoms with E-state index in [1.807, 2.05) is 0 Å². The number of nitrogens with two attached hydrogens (primary N) is 1. The zero-order valence-electron chi connectivity index (χ0n) is 12.1. The van der Waals surface area contributed by atoms with Crippen molar-refractivity contribution in [2.75, 3.05) is 19.6 Å². The molecule has 2 aliphatic rings. The fraction of sp³-hybridized carbons (Fsp3) is 0.733. The SMILES string of the molecule is NC(=O)CN(C(=O)CC1=CCCCC1)C1CCNCC1. The Kier molecular flexibility index (Phi) is 5.59. The summed E-state index contributed by atoms with van der Waals surface area (Å²) in [6, 6.07) is 0.153. The van der Waals surface area contributed by atoms with Crippen molar-refractivity contribution >= 4 is 11.8 Å². The first-order valence-electron chi connectivity index (χ1n) is 7.63. The number of rotatable bonds is 5. The molecule has 0 bridgehead atoms. The van der Waals surface area contributed by atoms with Crippen LogP contribution in [0.3, 0.4) is 0 Å².